The molecule has 1 heterocycles. The Morgan fingerprint density at radius 1 is 1.25 bits per heavy atom. The average molecular weight is 332 g/mol. The Labute approximate surface area is 147 Å². The Hall–Kier alpha value is -1.39. The second-order valence-electron chi connectivity index (χ2n) is 7.11. The van der Waals surface area contributed by atoms with Gasteiger partial charge in [-0.05, 0) is 69.9 Å². The molecule has 2 rings (SSSR count). The summed E-state index contributed by atoms with van der Waals surface area (Å²) in [7, 11) is 4.14. The van der Waals surface area contributed by atoms with Crippen LogP contribution in [-0.2, 0) is 11.2 Å². The lowest BCUT2D eigenvalue weighted by atomic mass is 9.93. The smallest absolute Gasteiger partial charge is 0.220 e. The fraction of sp³-hybridized carbons (Fsp3) is 0.650. The maximum Gasteiger partial charge on any atom is 0.220 e. The van der Waals surface area contributed by atoms with E-state index in [9.17, 15) is 4.79 Å². The number of aryl methyl sites for hydroxylation is 1. The number of amides is 1. The monoisotopic (exact) mass is 331 g/mol. The van der Waals surface area contributed by atoms with Crippen LogP contribution < -0.4 is 10.6 Å². The molecule has 0 saturated carbocycles. The van der Waals surface area contributed by atoms with Crippen molar-refractivity contribution in [3.8, 4) is 0 Å². The fourth-order valence-corrected chi connectivity index (χ4v) is 3.38. The molecule has 4 nitrogen and oxygen atoms in total. The molecule has 1 aliphatic heterocycles. The first kappa shape index (κ1) is 18.9. The Morgan fingerprint density at radius 3 is 2.50 bits per heavy atom. The highest BCUT2D eigenvalue weighted by molar-refractivity contribution is 5.75. The number of rotatable bonds is 8. The molecular weight excluding hydrogens is 298 g/mol. The zero-order chi connectivity index (χ0) is 17.4. The molecule has 134 valence electrons. The van der Waals surface area contributed by atoms with E-state index in [1.807, 2.05) is 0 Å². The van der Waals surface area contributed by atoms with E-state index in [-0.39, 0.29) is 11.9 Å². The van der Waals surface area contributed by atoms with Crippen LogP contribution in [0.2, 0.25) is 0 Å². The van der Waals surface area contributed by atoms with E-state index in [1.54, 1.807) is 0 Å². The number of nitrogens with zero attached hydrogens (tertiary/aromatic N) is 1. The summed E-state index contributed by atoms with van der Waals surface area (Å²) in [5.41, 5.74) is 2.61. The van der Waals surface area contributed by atoms with Crippen molar-refractivity contribution in [2.45, 2.75) is 45.1 Å². The van der Waals surface area contributed by atoms with Crippen LogP contribution in [0.25, 0.3) is 0 Å². The predicted octanol–water partition coefficient (Wildman–Crippen LogP) is 2.75. The number of carbonyl (C=O) groups excluding carboxylic acids is 1. The van der Waals surface area contributed by atoms with Crippen LogP contribution in [0.4, 0.5) is 0 Å². The molecule has 1 aromatic carbocycles. The number of likely N-dealkylation sites (N-methyl/N-ethyl adjacent to an activating group) is 1. The van der Waals surface area contributed by atoms with Crippen LogP contribution in [0.1, 0.15) is 49.8 Å². The highest BCUT2D eigenvalue weighted by Crippen LogP contribution is 2.19. The van der Waals surface area contributed by atoms with E-state index < -0.39 is 0 Å². The average Bonchev–Trinajstić information content (AvgIpc) is 2.61. The summed E-state index contributed by atoms with van der Waals surface area (Å²) in [6, 6.07) is 8.96. The van der Waals surface area contributed by atoms with Gasteiger partial charge in [0.25, 0.3) is 0 Å². The van der Waals surface area contributed by atoms with Gasteiger partial charge in [0.1, 0.15) is 0 Å². The largest absolute Gasteiger partial charge is 0.354 e. The molecule has 0 aliphatic carbocycles. The van der Waals surface area contributed by atoms with Crippen molar-refractivity contribution in [3.05, 3.63) is 35.4 Å². The lowest BCUT2D eigenvalue weighted by Crippen LogP contribution is -2.35. The summed E-state index contributed by atoms with van der Waals surface area (Å²) in [6.45, 7) is 5.04. The van der Waals surface area contributed by atoms with Crippen LogP contribution in [0, 0.1) is 5.92 Å². The topological polar surface area (TPSA) is 44.4 Å². The number of piperidine rings is 1. The Bertz CT molecular complexity index is 492. The van der Waals surface area contributed by atoms with Gasteiger partial charge in [0.15, 0.2) is 0 Å². The van der Waals surface area contributed by atoms with Crippen LogP contribution in [0.15, 0.2) is 24.3 Å². The van der Waals surface area contributed by atoms with E-state index in [4.69, 9.17) is 0 Å². The van der Waals surface area contributed by atoms with Gasteiger partial charge in [-0.1, -0.05) is 31.2 Å². The first-order valence-electron chi connectivity index (χ1n) is 9.32. The molecule has 0 aromatic heterocycles. The maximum absolute atomic E-state index is 12.2. The lowest BCUT2D eigenvalue weighted by Gasteiger charge is -2.26. The standard InChI is InChI=1S/C20H33N3O/c1-4-16-5-8-18(9-6-16)19(23(2)3)15-22-20(24)10-7-17-11-13-21-14-12-17/h5-6,8-9,17,19,21H,4,7,10-15H2,1-3H3,(H,22,24). The van der Waals surface area contributed by atoms with Crippen LogP contribution in [0.5, 0.6) is 0 Å². The van der Waals surface area contributed by atoms with Crippen LogP contribution in [-0.4, -0.2) is 44.5 Å². The summed E-state index contributed by atoms with van der Waals surface area (Å²) in [5, 5.41) is 6.51. The molecule has 1 saturated heterocycles. The summed E-state index contributed by atoms with van der Waals surface area (Å²) in [5.74, 6) is 0.897. The number of carbonyl (C=O) groups is 1. The maximum atomic E-state index is 12.2. The summed E-state index contributed by atoms with van der Waals surface area (Å²) in [6.07, 6.45) is 5.14. The molecule has 1 amide bonds. The highest BCUT2D eigenvalue weighted by Gasteiger charge is 2.17. The number of hydrogen-bond donors (Lipinski definition) is 2. The molecule has 0 radical (unpaired) electrons. The molecule has 2 N–H and O–H groups in total. The molecule has 1 atom stereocenters. The van der Waals surface area contributed by atoms with E-state index in [1.165, 1.54) is 24.0 Å². The van der Waals surface area contributed by atoms with Crippen molar-refractivity contribution < 1.29 is 4.79 Å². The first-order chi connectivity index (χ1) is 11.6. The predicted molar refractivity (Wildman–Crippen MR) is 100 cm³/mol. The van der Waals surface area contributed by atoms with Gasteiger partial charge in [0, 0.05) is 13.0 Å². The molecule has 1 aliphatic rings. The number of nitrogens with one attached hydrogen (secondary N) is 2. The lowest BCUT2D eigenvalue weighted by molar-refractivity contribution is -0.121. The second-order valence-corrected chi connectivity index (χ2v) is 7.11. The molecule has 1 unspecified atom stereocenters. The molecule has 1 fully saturated rings. The Kier molecular flexibility index (Phi) is 7.73. The van der Waals surface area contributed by atoms with Crippen molar-refractivity contribution in [3.63, 3.8) is 0 Å². The minimum Gasteiger partial charge on any atom is -0.354 e. The van der Waals surface area contributed by atoms with Gasteiger partial charge in [0.2, 0.25) is 5.91 Å². The van der Waals surface area contributed by atoms with Crippen molar-refractivity contribution in [1.82, 2.24) is 15.5 Å². The van der Waals surface area contributed by atoms with Crippen LogP contribution in [0.3, 0.4) is 0 Å². The van der Waals surface area contributed by atoms with Gasteiger partial charge >= 0.3 is 0 Å². The number of benzene rings is 1. The van der Waals surface area contributed by atoms with E-state index >= 15 is 0 Å². The third-order valence-corrected chi connectivity index (χ3v) is 5.13. The summed E-state index contributed by atoms with van der Waals surface area (Å²) in [4.78, 5) is 14.4. The van der Waals surface area contributed by atoms with Crippen molar-refractivity contribution in [2.24, 2.45) is 5.92 Å². The van der Waals surface area contributed by atoms with Crippen molar-refractivity contribution in [2.75, 3.05) is 33.7 Å². The molecule has 0 bridgehead atoms. The SMILES string of the molecule is CCc1ccc(C(CNC(=O)CCC2CCNCC2)N(C)C)cc1. The van der Waals surface area contributed by atoms with Gasteiger partial charge in [-0.2, -0.15) is 0 Å². The van der Waals surface area contributed by atoms with Gasteiger partial charge in [0.05, 0.1) is 6.04 Å². The van der Waals surface area contributed by atoms with Gasteiger partial charge in [-0.3, -0.25) is 4.79 Å². The van der Waals surface area contributed by atoms with Gasteiger partial charge in [-0.15, -0.1) is 0 Å². The quantitative estimate of drug-likeness (QED) is 0.770. The molecule has 1 aromatic rings. The molecule has 0 spiro atoms. The van der Waals surface area contributed by atoms with Gasteiger partial charge < -0.3 is 15.5 Å². The highest BCUT2D eigenvalue weighted by atomic mass is 16.1. The zero-order valence-electron chi connectivity index (χ0n) is 15.5. The second kappa shape index (κ2) is 9.80. The zero-order valence-corrected chi connectivity index (χ0v) is 15.5. The Balaban J connectivity index is 1.80. The minimum absolute atomic E-state index is 0.186. The number of hydrogen-bond acceptors (Lipinski definition) is 3. The molecule has 24 heavy (non-hydrogen) atoms. The fourth-order valence-electron chi connectivity index (χ4n) is 3.38. The first-order valence-corrected chi connectivity index (χ1v) is 9.32. The van der Waals surface area contributed by atoms with Gasteiger partial charge in [-0.25, -0.2) is 0 Å². The normalized spacial score (nSPS) is 17.0. The van der Waals surface area contributed by atoms with Crippen LogP contribution >= 0.6 is 0 Å². The van der Waals surface area contributed by atoms with E-state index in [0.29, 0.717) is 18.9 Å². The third kappa shape index (κ3) is 5.91. The van der Waals surface area contributed by atoms with Crippen molar-refractivity contribution >= 4 is 5.91 Å². The minimum atomic E-state index is 0.186. The molecule has 4 heteroatoms. The Morgan fingerprint density at radius 2 is 1.92 bits per heavy atom. The summed E-state index contributed by atoms with van der Waals surface area (Å²) >= 11 is 0. The summed E-state index contributed by atoms with van der Waals surface area (Å²) < 4.78 is 0. The van der Waals surface area contributed by atoms with E-state index in [2.05, 4.69) is 60.8 Å². The third-order valence-electron chi connectivity index (χ3n) is 5.13. The van der Waals surface area contributed by atoms with E-state index in [0.717, 1.165) is 25.9 Å². The molecular formula is C20H33N3O. The van der Waals surface area contributed by atoms with Crippen molar-refractivity contribution in [1.29, 1.82) is 0 Å².